The van der Waals surface area contributed by atoms with Crippen molar-refractivity contribution in [2.45, 2.75) is 47.6 Å². The zero-order chi connectivity index (χ0) is 14.5. The van der Waals surface area contributed by atoms with Crippen molar-refractivity contribution in [3.63, 3.8) is 0 Å². The number of hydrogen-bond donors (Lipinski definition) is 0. The normalized spacial score (nSPS) is 12.8. The van der Waals surface area contributed by atoms with Crippen LogP contribution in [0.5, 0.6) is 0 Å². The fourth-order valence-electron chi connectivity index (χ4n) is 1.70. The van der Waals surface area contributed by atoms with Gasteiger partial charge in [0.05, 0.1) is 24.4 Å². The minimum atomic E-state index is -0.464. The van der Waals surface area contributed by atoms with Crippen LogP contribution in [0, 0.1) is 11.8 Å². The van der Waals surface area contributed by atoms with Crippen LogP contribution < -0.4 is 0 Å². The Hall–Kier alpha value is -1.32. The number of esters is 2. The van der Waals surface area contributed by atoms with E-state index in [1.807, 2.05) is 27.7 Å². The molecule has 0 saturated heterocycles. The number of carbonyl (C=O) groups excluding carboxylic acids is 2. The van der Waals surface area contributed by atoms with E-state index < -0.39 is 11.9 Å². The van der Waals surface area contributed by atoms with Crippen LogP contribution in [0.2, 0.25) is 0 Å². The summed E-state index contributed by atoms with van der Waals surface area (Å²) in [6.07, 6.45) is -0.211. The molecule has 0 spiro atoms. The number of rotatable bonds is 5. The molecule has 0 aromatic carbocycles. The van der Waals surface area contributed by atoms with Crippen LogP contribution in [0.25, 0.3) is 0 Å². The maximum absolute atomic E-state index is 12.1. The highest BCUT2D eigenvalue weighted by molar-refractivity contribution is 6.01. The zero-order valence-corrected chi connectivity index (χ0v) is 12.4. The van der Waals surface area contributed by atoms with Gasteiger partial charge in [0.15, 0.2) is 0 Å². The van der Waals surface area contributed by atoms with Gasteiger partial charge in [-0.15, -0.1) is 0 Å². The van der Waals surface area contributed by atoms with Crippen molar-refractivity contribution < 1.29 is 19.1 Å². The molecular weight excluding hydrogens is 232 g/mol. The summed E-state index contributed by atoms with van der Waals surface area (Å²) in [5.74, 6) is -1.08. The van der Waals surface area contributed by atoms with Crippen molar-refractivity contribution in [3.05, 3.63) is 11.1 Å². The summed E-state index contributed by atoms with van der Waals surface area (Å²) < 4.78 is 9.95. The maximum Gasteiger partial charge on any atom is 0.335 e. The van der Waals surface area contributed by atoms with Crippen molar-refractivity contribution in [2.75, 3.05) is 7.11 Å². The Morgan fingerprint density at radius 3 is 1.44 bits per heavy atom. The number of ether oxygens (including phenoxy) is 2. The van der Waals surface area contributed by atoms with Gasteiger partial charge in [-0.1, -0.05) is 27.7 Å². The van der Waals surface area contributed by atoms with E-state index in [9.17, 15) is 9.59 Å². The van der Waals surface area contributed by atoms with E-state index in [1.54, 1.807) is 13.8 Å². The van der Waals surface area contributed by atoms with Gasteiger partial charge in [-0.3, -0.25) is 0 Å². The number of hydrogen-bond acceptors (Lipinski definition) is 4. The van der Waals surface area contributed by atoms with Crippen molar-refractivity contribution in [1.82, 2.24) is 0 Å². The highest BCUT2D eigenvalue weighted by atomic mass is 16.5. The molecule has 0 N–H and O–H groups in total. The molecule has 0 heterocycles. The van der Waals surface area contributed by atoms with Gasteiger partial charge in [0, 0.05) is 0 Å². The summed E-state index contributed by atoms with van der Waals surface area (Å²) in [4.78, 5) is 23.9. The minimum Gasteiger partial charge on any atom is -0.466 e. The lowest BCUT2D eigenvalue weighted by atomic mass is 9.90. The first-order valence-corrected chi connectivity index (χ1v) is 6.25. The average Bonchev–Trinajstić information content (AvgIpc) is 2.22. The molecule has 0 aromatic rings. The molecule has 0 aliphatic carbocycles. The topological polar surface area (TPSA) is 52.6 Å². The Morgan fingerprint density at radius 2 is 1.17 bits per heavy atom. The summed E-state index contributed by atoms with van der Waals surface area (Å²) in [6, 6.07) is 0. The molecule has 0 radical (unpaired) electrons. The molecule has 0 aromatic heterocycles. The molecule has 0 bridgehead atoms. The second-order valence-electron chi connectivity index (χ2n) is 5.08. The molecule has 0 saturated carbocycles. The van der Waals surface area contributed by atoms with Crippen LogP contribution in [-0.2, 0) is 19.1 Å². The Kier molecular flexibility index (Phi) is 6.66. The Balaban J connectivity index is 5.62. The quantitative estimate of drug-likeness (QED) is 0.560. The van der Waals surface area contributed by atoms with E-state index in [0.717, 1.165) is 0 Å². The lowest BCUT2D eigenvalue weighted by Crippen LogP contribution is -2.23. The predicted octanol–water partition coefficient (Wildman–Crippen LogP) is 2.72. The monoisotopic (exact) mass is 256 g/mol. The first-order valence-electron chi connectivity index (χ1n) is 6.25. The van der Waals surface area contributed by atoms with Gasteiger partial charge in [-0.2, -0.15) is 0 Å². The summed E-state index contributed by atoms with van der Waals surface area (Å²) >= 11 is 0. The second-order valence-corrected chi connectivity index (χ2v) is 5.08. The van der Waals surface area contributed by atoms with Crippen molar-refractivity contribution in [1.29, 1.82) is 0 Å². The van der Waals surface area contributed by atoms with Gasteiger partial charge in [0.25, 0.3) is 0 Å². The predicted molar refractivity (Wildman–Crippen MR) is 69.9 cm³/mol. The SMILES string of the molecule is COC(=O)C(=C(C(=O)OC(C)C)C(C)C)C(C)C. The Morgan fingerprint density at radius 1 is 0.778 bits per heavy atom. The van der Waals surface area contributed by atoms with Crippen LogP contribution in [0.4, 0.5) is 0 Å². The summed E-state index contributed by atoms with van der Waals surface area (Å²) in [7, 11) is 1.32. The molecule has 0 fully saturated rings. The van der Waals surface area contributed by atoms with Crippen LogP contribution in [-0.4, -0.2) is 25.2 Å². The van der Waals surface area contributed by atoms with Crippen LogP contribution in [0.1, 0.15) is 41.5 Å². The third-order valence-electron chi connectivity index (χ3n) is 2.41. The lowest BCUT2D eigenvalue weighted by Gasteiger charge is -2.19. The molecule has 18 heavy (non-hydrogen) atoms. The fourth-order valence-corrected chi connectivity index (χ4v) is 1.70. The van der Waals surface area contributed by atoms with Crippen molar-refractivity contribution in [3.8, 4) is 0 Å². The summed E-state index contributed by atoms with van der Waals surface area (Å²) in [5.41, 5.74) is 0.809. The first kappa shape index (κ1) is 16.7. The molecule has 4 nitrogen and oxygen atoms in total. The van der Waals surface area contributed by atoms with Crippen molar-refractivity contribution in [2.24, 2.45) is 11.8 Å². The molecule has 0 aliphatic rings. The highest BCUT2D eigenvalue weighted by Crippen LogP contribution is 2.24. The van der Waals surface area contributed by atoms with E-state index >= 15 is 0 Å². The van der Waals surface area contributed by atoms with E-state index in [2.05, 4.69) is 0 Å². The number of carbonyl (C=O) groups is 2. The van der Waals surface area contributed by atoms with Crippen molar-refractivity contribution >= 4 is 11.9 Å². The molecule has 0 unspecified atom stereocenters. The lowest BCUT2D eigenvalue weighted by molar-refractivity contribution is -0.144. The molecule has 0 amide bonds. The third-order valence-corrected chi connectivity index (χ3v) is 2.41. The maximum atomic E-state index is 12.1. The molecular formula is C14H24O4. The zero-order valence-electron chi connectivity index (χ0n) is 12.4. The smallest absolute Gasteiger partial charge is 0.335 e. The van der Waals surface area contributed by atoms with E-state index in [-0.39, 0.29) is 17.9 Å². The van der Waals surface area contributed by atoms with Crippen LogP contribution >= 0.6 is 0 Å². The molecule has 0 rings (SSSR count). The standard InChI is InChI=1S/C14H24O4/c1-8(2)11(13(15)17-7)12(9(3)4)14(16)18-10(5)6/h8-10H,1-7H3. The molecule has 4 heteroatoms. The largest absolute Gasteiger partial charge is 0.466 e. The molecule has 104 valence electrons. The van der Waals surface area contributed by atoms with E-state index in [1.165, 1.54) is 7.11 Å². The van der Waals surface area contributed by atoms with Gasteiger partial charge in [0.2, 0.25) is 0 Å². The molecule has 0 atom stereocenters. The molecule has 0 aliphatic heterocycles. The average molecular weight is 256 g/mol. The minimum absolute atomic E-state index is 0.0884. The van der Waals surface area contributed by atoms with Gasteiger partial charge in [-0.25, -0.2) is 9.59 Å². The summed E-state index contributed by atoms with van der Waals surface area (Å²) in [6.45, 7) is 11.0. The van der Waals surface area contributed by atoms with Crippen LogP contribution in [0.3, 0.4) is 0 Å². The van der Waals surface area contributed by atoms with Gasteiger partial charge >= 0.3 is 11.9 Å². The first-order chi connectivity index (χ1) is 8.22. The highest BCUT2D eigenvalue weighted by Gasteiger charge is 2.27. The third kappa shape index (κ3) is 4.51. The van der Waals surface area contributed by atoms with Gasteiger partial charge in [-0.05, 0) is 25.7 Å². The van der Waals surface area contributed by atoms with Gasteiger partial charge in [0.1, 0.15) is 0 Å². The second kappa shape index (κ2) is 7.19. The van der Waals surface area contributed by atoms with Gasteiger partial charge < -0.3 is 9.47 Å². The summed E-state index contributed by atoms with van der Waals surface area (Å²) in [5, 5.41) is 0. The number of methoxy groups -OCH3 is 1. The fraction of sp³-hybridized carbons (Fsp3) is 0.714. The Bertz CT molecular complexity index is 338. The van der Waals surface area contributed by atoms with Crippen LogP contribution in [0.15, 0.2) is 11.1 Å². The Labute approximate surface area is 109 Å². The van der Waals surface area contributed by atoms with E-state index in [4.69, 9.17) is 9.47 Å². The van der Waals surface area contributed by atoms with E-state index in [0.29, 0.717) is 11.1 Å².